The van der Waals surface area contributed by atoms with E-state index in [0.717, 1.165) is 17.7 Å². The highest BCUT2D eigenvalue weighted by Crippen LogP contribution is 2.32. The number of carbonyl (C=O) groups excluding carboxylic acids is 2. The van der Waals surface area contributed by atoms with Gasteiger partial charge < -0.3 is 9.64 Å². The summed E-state index contributed by atoms with van der Waals surface area (Å²) in [4.78, 5) is 36.3. The summed E-state index contributed by atoms with van der Waals surface area (Å²) < 4.78 is 7.48. The zero-order chi connectivity index (χ0) is 21.5. The number of hydrogen-bond donors (Lipinski definition) is 0. The maximum atomic E-state index is 13.5. The van der Waals surface area contributed by atoms with Crippen molar-refractivity contribution >= 4 is 23.6 Å². The molecule has 1 saturated heterocycles. The van der Waals surface area contributed by atoms with Crippen molar-refractivity contribution in [3.05, 3.63) is 42.1 Å². The fourth-order valence-corrected chi connectivity index (χ4v) is 4.54. The molecule has 3 aliphatic heterocycles. The van der Waals surface area contributed by atoms with Crippen LogP contribution in [0, 0.1) is 0 Å². The highest BCUT2D eigenvalue weighted by atomic mass is 16.5. The van der Waals surface area contributed by atoms with Gasteiger partial charge in [0.1, 0.15) is 12.4 Å². The molecule has 2 aromatic rings. The lowest BCUT2D eigenvalue weighted by Gasteiger charge is -2.40. The van der Waals surface area contributed by atoms with Gasteiger partial charge in [-0.1, -0.05) is 18.2 Å². The molecule has 0 radical (unpaired) electrons. The molecule has 9 heteroatoms. The van der Waals surface area contributed by atoms with Crippen molar-refractivity contribution < 1.29 is 14.3 Å². The fraction of sp³-hybridized carbons (Fsp3) is 0.455. The Morgan fingerprint density at radius 1 is 1.16 bits per heavy atom. The van der Waals surface area contributed by atoms with Crippen molar-refractivity contribution in [1.29, 1.82) is 0 Å². The zero-order valence-corrected chi connectivity index (χ0v) is 17.8. The standard InChI is InChI=1S/C22H26N6O3/c1-15-12-25(13-16(2)31-15)19(29)14-27-21-18(20-23-9-6-10-26(20)22(27)30)11-24-28(21)17-7-4-3-5-8-17/h3-5,7-8,11,15-16H,6,9-10,12-14H2,1-2H3. The third-order valence-electron chi connectivity index (χ3n) is 5.83. The average Bonchev–Trinajstić information content (AvgIpc) is 3.21. The number of fused-ring (bicyclic) bond motifs is 3. The third-order valence-corrected chi connectivity index (χ3v) is 5.83. The number of rotatable bonds is 3. The number of urea groups is 1. The summed E-state index contributed by atoms with van der Waals surface area (Å²) in [5.74, 6) is 1.14. The number of ether oxygens (including phenoxy) is 1. The van der Waals surface area contributed by atoms with Crippen LogP contribution in [0.25, 0.3) is 5.69 Å². The summed E-state index contributed by atoms with van der Waals surface area (Å²) >= 11 is 0. The smallest absolute Gasteiger partial charge is 0.331 e. The Morgan fingerprint density at radius 2 is 1.90 bits per heavy atom. The summed E-state index contributed by atoms with van der Waals surface area (Å²) in [5.41, 5.74) is 1.60. The number of benzene rings is 1. The quantitative estimate of drug-likeness (QED) is 0.756. The molecule has 2 unspecified atom stereocenters. The predicted octanol–water partition coefficient (Wildman–Crippen LogP) is 1.90. The van der Waals surface area contributed by atoms with Crippen molar-refractivity contribution in [2.24, 2.45) is 4.99 Å². The SMILES string of the molecule is CC1CN(C(=O)CN2C(=O)N3CCCN=C3c3cnn(-c4ccccc4)c32)CC(C)O1. The van der Waals surface area contributed by atoms with Gasteiger partial charge in [-0.05, 0) is 32.4 Å². The van der Waals surface area contributed by atoms with Crippen molar-refractivity contribution in [2.75, 3.05) is 37.6 Å². The maximum absolute atomic E-state index is 13.5. The fourth-order valence-electron chi connectivity index (χ4n) is 4.54. The van der Waals surface area contributed by atoms with Gasteiger partial charge in [-0.25, -0.2) is 9.48 Å². The Kier molecular flexibility index (Phi) is 4.97. The number of anilines is 1. The summed E-state index contributed by atoms with van der Waals surface area (Å²) in [5, 5.41) is 4.56. The van der Waals surface area contributed by atoms with E-state index in [-0.39, 0.29) is 30.7 Å². The van der Waals surface area contributed by atoms with E-state index >= 15 is 0 Å². The first-order valence-corrected chi connectivity index (χ1v) is 10.7. The van der Waals surface area contributed by atoms with Gasteiger partial charge in [0.25, 0.3) is 0 Å². The Balaban J connectivity index is 1.54. The molecule has 0 N–H and O–H groups in total. The number of amidine groups is 1. The minimum absolute atomic E-state index is 0.0315. The van der Waals surface area contributed by atoms with Crippen molar-refractivity contribution in [3.8, 4) is 5.69 Å². The van der Waals surface area contributed by atoms with Gasteiger partial charge in [-0.2, -0.15) is 5.10 Å². The molecule has 1 aromatic carbocycles. The topological polar surface area (TPSA) is 83.3 Å². The molecule has 31 heavy (non-hydrogen) atoms. The molecule has 5 rings (SSSR count). The van der Waals surface area contributed by atoms with Crippen LogP contribution in [0.4, 0.5) is 10.6 Å². The number of amides is 3. The second kappa shape index (κ2) is 7.81. The lowest BCUT2D eigenvalue weighted by atomic mass is 10.1. The maximum Gasteiger partial charge on any atom is 0.331 e. The zero-order valence-electron chi connectivity index (χ0n) is 17.8. The van der Waals surface area contributed by atoms with E-state index in [1.54, 1.807) is 25.6 Å². The minimum atomic E-state index is -0.230. The monoisotopic (exact) mass is 422 g/mol. The molecular formula is C22H26N6O3. The third kappa shape index (κ3) is 3.48. The Morgan fingerprint density at radius 3 is 2.65 bits per heavy atom. The number of aromatic nitrogens is 2. The molecule has 1 fully saturated rings. The molecular weight excluding hydrogens is 396 g/mol. The van der Waals surface area contributed by atoms with Crippen molar-refractivity contribution in [1.82, 2.24) is 19.6 Å². The Bertz CT molecular complexity index is 1020. The van der Waals surface area contributed by atoms with Gasteiger partial charge in [0.15, 0.2) is 5.82 Å². The van der Waals surface area contributed by atoms with Crippen LogP contribution in [0.15, 0.2) is 41.5 Å². The van der Waals surface area contributed by atoms with Crippen LogP contribution in [0.1, 0.15) is 25.8 Å². The first kappa shape index (κ1) is 19.7. The summed E-state index contributed by atoms with van der Waals surface area (Å²) in [6.07, 6.45) is 2.48. The molecule has 0 spiro atoms. The van der Waals surface area contributed by atoms with Crippen LogP contribution in [0.2, 0.25) is 0 Å². The predicted molar refractivity (Wildman–Crippen MR) is 116 cm³/mol. The Hall–Kier alpha value is -3.20. The van der Waals surface area contributed by atoms with E-state index in [2.05, 4.69) is 10.1 Å². The van der Waals surface area contributed by atoms with E-state index in [0.29, 0.717) is 37.8 Å². The van der Waals surface area contributed by atoms with E-state index in [1.165, 1.54) is 0 Å². The van der Waals surface area contributed by atoms with Crippen LogP contribution in [-0.2, 0) is 9.53 Å². The summed E-state index contributed by atoms with van der Waals surface area (Å²) in [7, 11) is 0. The summed E-state index contributed by atoms with van der Waals surface area (Å²) in [6, 6.07) is 9.40. The summed E-state index contributed by atoms with van der Waals surface area (Å²) in [6.45, 7) is 6.18. The lowest BCUT2D eigenvalue weighted by Crippen LogP contribution is -2.57. The van der Waals surface area contributed by atoms with Gasteiger partial charge in [-0.3, -0.25) is 19.6 Å². The van der Waals surface area contributed by atoms with Gasteiger partial charge >= 0.3 is 6.03 Å². The van der Waals surface area contributed by atoms with E-state index in [4.69, 9.17) is 4.74 Å². The molecule has 2 atom stereocenters. The molecule has 9 nitrogen and oxygen atoms in total. The van der Waals surface area contributed by atoms with E-state index in [1.807, 2.05) is 44.2 Å². The van der Waals surface area contributed by atoms with Crippen LogP contribution < -0.4 is 4.90 Å². The van der Waals surface area contributed by atoms with Gasteiger partial charge in [0, 0.05) is 26.2 Å². The molecule has 3 aliphatic rings. The number of para-hydroxylation sites is 1. The normalized spacial score (nSPS) is 23.4. The number of aliphatic imine (C=N–C) groups is 1. The van der Waals surface area contributed by atoms with Crippen LogP contribution in [0.5, 0.6) is 0 Å². The minimum Gasteiger partial charge on any atom is -0.372 e. The van der Waals surface area contributed by atoms with E-state index < -0.39 is 0 Å². The first-order valence-electron chi connectivity index (χ1n) is 10.7. The second-order valence-corrected chi connectivity index (χ2v) is 8.26. The highest BCUT2D eigenvalue weighted by molar-refractivity contribution is 6.19. The van der Waals surface area contributed by atoms with E-state index in [9.17, 15) is 9.59 Å². The van der Waals surface area contributed by atoms with Crippen LogP contribution in [0.3, 0.4) is 0 Å². The van der Waals surface area contributed by atoms with Gasteiger partial charge in [0.05, 0.1) is 29.7 Å². The van der Waals surface area contributed by atoms with Crippen LogP contribution >= 0.6 is 0 Å². The number of nitrogens with zero attached hydrogens (tertiary/aromatic N) is 6. The molecule has 3 amide bonds. The molecule has 162 valence electrons. The lowest BCUT2D eigenvalue weighted by molar-refractivity contribution is -0.141. The second-order valence-electron chi connectivity index (χ2n) is 8.26. The number of hydrogen-bond acceptors (Lipinski definition) is 5. The average molecular weight is 422 g/mol. The van der Waals surface area contributed by atoms with Crippen LogP contribution in [-0.4, -0.2) is 82.3 Å². The first-order chi connectivity index (χ1) is 15.0. The molecule has 4 heterocycles. The molecule has 0 saturated carbocycles. The number of carbonyl (C=O) groups is 2. The highest BCUT2D eigenvalue weighted by Gasteiger charge is 2.41. The largest absolute Gasteiger partial charge is 0.372 e. The van der Waals surface area contributed by atoms with Gasteiger partial charge in [-0.15, -0.1) is 0 Å². The number of morpholine rings is 1. The molecule has 1 aromatic heterocycles. The van der Waals surface area contributed by atoms with Crippen molar-refractivity contribution in [2.45, 2.75) is 32.5 Å². The Labute approximate surface area is 180 Å². The molecule has 0 aliphatic carbocycles. The van der Waals surface area contributed by atoms with Crippen molar-refractivity contribution in [3.63, 3.8) is 0 Å². The van der Waals surface area contributed by atoms with Gasteiger partial charge in [0.2, 0.25) is 5.91 Å². The molecule has 0 bridgehead atoms.